The number of piperidine rings is 1. The van der Waals surface area contributed by atoms with E-state index >= 15 is 0 Å². The van der Waals surface area contributed by atoms with E-state index < -0.39 is 0 Å². The predicted octanol–water partition coefficient (Wildman–Crippen LogP) is 2.28. The number of pyridine rings is 1. The summed E-state index contributed by atoms with van der Waals surface area (Å²) in [6, 6.07) is 7.97. The van der Waals surface area contributed by atoms with E-state index in [0.29, 0.717) is 12.3 Å². The van der Waals surface area contributed by atoms with Crippen LogP contribution in [0.2, 0.25) is 0 Å². The van der Waals surface area contributed by atoms with Crippen LogP contribution in [0.15, 0.2) is 47.4 Å². The number of anilines is 1. The van der Waals surface area contributed by atoms with Crippen LogP contribution in [0.25, 0.3) is 0 Å². The summed E-state index contributed by atoms with van der Waals surface area (Å²) in [7, 11) is 0. The zero-order valence-electron chi connectivity index (χ0n) is 15.8. The second kappa shape index (κ2) is 8.57. The highest BCUT2D eigenvalue weighted by Gasteiger charge is 2.27. The van der Waals surface area contributed by atoms with Crippen molar-refractivity contribution in [2.75, 3.05) is 50.7 Å². The molecule has 144 valence electrons. The first kappa shape index (κ1) is 18.0. The minimum Gasteiger partial charge on any atom is -0.472 e. The van der Waals surface area contributed by atoms with E-state index in [2.05, 4.69) is 20.9 Å². The summed E-state index contributed by atoms with van der Waals surface area (Å²) < 4.78 is 5.08. The number of likely N-dealkylation sites (tertiary alicyclic amines) is 1. The second-order valence-corrected chi connectivity index (χ2v) is 7.63. The number of aromatic nitrogens is 1. The molecule has 2 aromatic heterocycles. The van der Waals surface area contributed by atoms with Gasteiger partial charge in [-0.25, -0.2) is 4.98 Å². The lowest BCUT2D eigenvalue weighted by Gasteiger charge is -2.39. The summed E-state index contributed by atoms with van der Waals surface area (Å²) in [5, 5.41) is 0. The van der Waals surface area contributed by atoms with Gasteiger partial charge in [0.2, 0.25) is 5.91 Å². The molecule has 0 aromatic carbocycles. The third-order valence-corrected chi connectivity index (χ3v) is 5.67. The third-order valence-electron chi connectivity index (χ3n) is 5.67. The van der Waals surface area contributed by atoms with Gasteiger partial charge in [-0.2, -0.15) is 0 Å². The number of hydrogen-bond donors (Lipinski definition) is 0. The molecular formula is C21H28N4O2. The van der Waals surface area contributed by atoms with Gasteiger partial charge in [0.15, 0.2) is 0 Å². The molecule has 0 spiro atoms. The highest BCUT2D eigenvalue weighted by molar-refractivity contribution is 5.78. The zero-order valence-corrected chi connectivity index (χ0v) is 15.8. The van der Waals surface area contributed by atoms with E-state index in [0.717, 1.165) is 63.6 Å². The Morgan fingerprint density at radius 3 is 2.78 bits per heavy atom. The lowest BCUT2D eigenvalue weighted by atomic mass is 9.96. The average Bonchev–Trinajstić information content (AvgIpc) is 3.22. The second-order valence-electron chi connectivity index (χ2n) is 7.63. The highest BCUT2D eigenvalue weighted by atomic mass is 16.3. The van der Waals surface area contributed by atoms with Gasteiger partial charge in [-0.15, -0.1) is 0 Å². The molecule has 27 heavy (non-hydrogen) atoms. The summed E-state index contributed by atoms with van der Waals surface area (Å²) >= 11 is 0. The first-order valence-corrected chi connectivity index (χ1v) is 9.95. The molecule has 2 aliphatic heterocycles. The molecule has 0 bridgehead atoms. The maximum atomic E-state index is 12.6. The Labute approximate surface area is 160 Å². The molecule has 4 rings (SSSR count). The minimum absolute atomic E-state index is 0.223. The molecule has 6 heteroatoms. The molecule has 1 amide bonds. The predicted molar refractivity (Wildman–Crippen MR) is 105 cm³/mol. The Morgan fingerprint density at radius 2 is 2.04 bits per heavy atom. The smallest absolute Gasteiger partial charge is 0.227 e. The number of piperazine rings is 1. The number of hydrogen-bond acceptors (Lipinski definition) is 5. The maximum absolute atomic E-state index is 12.6. The van der Waals surface area contributed by atoms with Crippen LogP contribution in [0, 0.1) is 5.92 Å². The summed E-state index contributed by atoms with van der Waals surface area (Å²) in [5.41, 5.74) is 0.966. The highest BCUT2D eigenvalue weighted by Crippen LogP contribution is 2.20. The van der Waals surface area contributed by atoms with Crippen molar-refractivity contribution in [1.82, 2.24) is 14.8 Å². The van der Waals surface area contributed by atoms with Crippen LogP contribution in [0.3, 0.4) is 0 Å². The maximum Gasteiger partial charge on any atom is 0.227 e. The van der Waals surface area contributed by atoms with Crippen LogP contribution in [-0.2, 0) is 11.2 Å². The molecule has 6 nitrogen and oxygen atoms in total. The SMILES string of the molecule is O=C(Cc1ccoc1)N1CCCC(CN2CCN(c3ccccn3)CC2)C1. The molecule has 0 N–H and O–H groups in total. The molecule has 2 aliphatic rings. The molecule has 2 fully saturated rings. The van der Waals surface area contributed by atoms with Gasteiger partial charge in [0.05, 0.1) is 18.9 Å². The fourth-order valence-corrected chi connectivity index (χ4v) is 4.19. The lowest BCUT2D eigenvalue weighted by Crippen LogP contribution is -2.50. The van der Waals surface area contributed by atoms with Gasteiger partial charge >= 0.3 is 0 Å². The number of carbonyl (C=O) groups is 1. The summed E-state index contributed by atoms with van der Waals surface area (Å²) in [6.07, 6.45) is 7.93. The summed E-state index contributed by atoms with van der Waals surface area (Å²) in [4.78, 5) is 24.0. The van der Waals surface area contributed by atoms with E-state index in [1.807, 2.05) is 29.3 Å². The van der Waals surface area contributed by atoms with Crippen LogP contribution in [-0.4, -0.2) is 66.5 Å². The largest absolute Gasteiger partial charge is 0.472 e. The van der Waals surface area contributed by atoms with Crippen molar-refractivity contribution in [2.45, 2.75) is 19.3 Å². The standard InChI is InChI=1S/C21H28N4O2/c26-21(14-18-6-13-27-17-18)25-8-3-4-19(16-25)15-23-9-11-24(12-10-23)20-5-1-2-7-22-20/h1-2,5-7,13,17,19H,3-4,8-12,14-16H2. The molecule has 0 saturated carbocycles. The number of furan rings is 1. The normalized spacial score (nSPS) is 21.4. The molecule has 1 atom stereocenters. The van der Waals surface area contributed by atoms with Crippen molar-refractivity contribution in [3.63, 3.8) is 0 Å². The molecule has 0 radical (unpaired) electrons. The van der Waals surface area contributed by atoms with E-state index in [1.54, 1.807) is 12.5 Å². The Morgan fingerprint density at radius 1 is 1.15 bits per heavy atom. The van der Waals surface area contributed by atoms with E-state index in [1.165, 1.54) is 6.42 Å². The number of nitrogens with zero attached hydrogens (tertiary/aromatic N) is 4. The molecule has 0 aliphatic carbocycles. The zero-order chi connectivity index (χ0) is 18.5. The van der Waals surface area contributed by atoms with Gasteiger partial charge in [0.1, 0.15) is 5.82 Å². The van der Waals surface area contributed by atoms with Crippen molar-refractivity contribution in [1.29, 1.82) is 0 Å². The molecule has 1 unspecified atom stereocenters. The Hall–Kier alpha value is -2.34. The van der Waals surface area contributed by atoms with Gasteiger partial charge in [-0.05, 0) is 42.5 Å². The summed E-state index contributed by atoms with van der Waals surface area (Å²) in [6.45, 7) is 7.04. The van der Waals surface area contributed by atoms with Crippen LogP contribution >= 0.6 is 0 Å². The number of rotatable bonds is 5. The Balaban J connectivity index is 1.24. The van der Waals surface area contributed by atoms with Crippen molar-refractivity contribution in [3.05, 3.63) is 48.6 Å². The fraction of sp³-hybridized carbons (Fsp3) is 0.524. The van der Waals surface area contributed by atoms with Crippen LogP contribution in [0.1, 0.15) is 18.4 Å². The van der Waals surface area contributed by atoms with Gasteiger partial charge in [0.25, 0.3) is 0 Å². The van der Waals surface area contributed by atoms with Crippen LogP contribution in [0.5, 0.6) is 0 Å². The topological polar surface area (TPSA) is 52.8 Å². The van der Waals surface area contributed by atoms with Crippen LogP contribution < -0.4 is 4.90 Å². The van der Waals surface area contributed by atoms with Crippen molar-refractivity contribution < 1.29 is 9.21 Å². The minimum atomic E-state index is 0.223. The van der Waals surface area contributed by atoms with E-state index in [9.17, 15) is 4.79 Å². The molecular weight excluding hydrogens is 340 g/mol. The summed E-state index contributed by atoms with van der Waals surface area (Å²) in [5.74, 6) is 1.88. The van der Waals surface area contributed by atoms with Gasteiger partial charge in [0, 0.05) is 52.0 Å². The number of amides is 1. The quantitative estimate of drug-likeness (QED) is 0.810. The van der Waals surface area contributed by atoms with Crippen LogP contribution in [0.4, 0.5) is 5.82 Å². The Kier molecular flexibility index (Phi) is 5.72. The molecule has 2 aromatic rings. The van der Waals surface area contributed by atoms with E-state index in [-0.39, 0.29) is 5.91 Å². The van der Waals surface area contributed by atoms with Gasteiger partial charge in [-0.1, -0.05) is 6.07 Å². The monoisotopic (exact) mass is 368 g/mol. The average molecular weight is 368 g/mol. The van der Waals surface area contributed by atoms with E-state index in [4.69, 9.17) is 4.42 Å². The number of carbonyl (C=O) groups excluding carboxylic acids is 1. The molecule has 4 heterocycles. The fourth-order valence-electron chi connectivity index (χ4n) is 4.19. The first-order valence-electron chi connectivity index (χ1n) is 9.95. The lowest BCUT2D eigenvalue weighted by molar-refractivity contribution is -0.132. The van der Waals surface area contributed by atoms with Gasteiger partial charge in [-0.3, -0.25) is 9.69 Å². The third kappa shape index (κ3) is 4.69. The van der Waals surface area contributed by atoms with Crippen molar-refractivity contribution >= 4 is 11.7 Å². The van der Waals surface area contributed by atoms with Crippen molar-refractivity contribution in [3.8, 4) is 0 Å². The van der Waals surface area contributed by atoms with Gasteiger partial charge < -0.3 is 14.2 Å². The molecule has 2 saturated heterocycles. The van der Waals surface area contributed by atoms with Crippen molar-refractivity contribution in [2.24, 2.45) is 5.92 Å². The Bertz CT molecular complexity index is 711. The first-order chi connectivity index (χ1) is 13.3.